The molecule has 0 saturated heterocycles. The second-order valence-electron chi connectivity index (χ2n) is 8.06. The number of fused-ring (bicyclic) bond motifs is 1. The Balaban J connectivity index is 1.29. The summed E-state index contributed by atoms with van der Waals surface area (Å²) in [5.74, 6) is 1.82. The standard InChI is InChI=1S/C24H28FN5O/c1-18(19-5-3-2-4-6-19)17-29-14-12-23-28-27-22(30(23)16-15-29)11-13-26-24(31)20-7-9-21(25)10-8-20/h2-10,18H,11-17H2,1H3,(H,26,31)/t18-/m0/s1. The number of aromatic nitrogens is 3. The van der Waals surface area contributed by atoms with E-state index in [1.54, 1.807) is 0 Å². The molecule has 2 heterocycles. The zero-order valence-corrected chi connectivity index (χ0v) is 17.8. The first-order valence-electron chi connectivity index (χ1n) is 10.8. The van der Waals surface area contributed by atoms with E-state index < -0.39 is 0 Å². The molecule has 0 unspecified atom stereocenters. The van der Waals surface area contributed by atoms with Crippen molar-refractivity contribution in [1.29, 1.82) is 0 Å². The van der Waals surface area contributed by atoms with E-state index >= 15 is 0 Å². The Morgan fingerprint density at radius 1 is 1.06 bits per heavy atom. The zero-order valence-electron chi connectivity index (χ0n) is 17.8. The molecule has 0 fully saturated rings. The van der Waals surface area contributed by atoms with Crippen molar-refractivity contribution in [2.45, 2.75) is 32.2 Å². The molecule has 162 valence electrons. The molecule has 1 aliphatic heterocycles. The first-order chi connectivity index (χ1) is 15.1. The third-order valence-corrected chi connectivity index (χ3v) is 5.84. The molecule has 4 rings (SSSR count). The number of amides is 1. The van der Waals surface area contributed by atoms with Gasteiger partial charge in [0.15, 0.2) is 0 Å². The molecule has 1 aromatic heterocycles. The van der Waals surface area contributed by atoms with E-state index in [0.717, 1.165) is 44.2 Å². The normalized spacial score (nSPS) is 15.2. The largest absolute Gasteiger partial charge is 0.352 e. The molecule has 1 N–H and O–H groups in total. The fraction of sp³-hybridized carbons (Fsp3) is 0.375. The van der Waals surface area contributed by atoms with Crippen molar-refractivity contribution in [3.05, 3.63) is 83.2 Å². The Bertz CT molecular complexity index is 1000. The van der Waals surface area contributed by atoms with Crippen LogP contribution >= 0.6 is 0 Å². The molecule has 1 aliphatic rings. The van der Waals surface area contributed by atoms with Gasteiger partial charge < -0.3 is 14.8 Å². The van der Waals surface area contributed by atoms with Crippen LogP contribution in [0.5, 0.6) is 0 Å². The predicted molar refractivity (Wildman–Crippen MR) is 117 cm³/mol. The molecule has 3 aromatic rings. The predicted octanol–water partition coefficient (Wildman–Crippen LogP) is 3.05. The lowest BCUT2D eigenvalue weighted by molar-refractivity contribution is 0.0954. The molecule has 0 radical (unpaired) electrons. The van der Waals surface area contributed by atoms with Crippen LogP contribution in [-0.2, 0) is 19.4 Å². The lowest BCUT2D eigenvalue weighted by Crippen LogP contribution is -2.31. The van der Waals surface area contributed by atoms with Crippen LogP contribution in [0, 0.1) is 5.82 Å². The number of benzene rings is 2. The first-order valence-corrected chi connectivity index (χ1v) is 10.8. The van der Waals surface area contributed by atoms with Gasteiger partial charge in [-0.15, -0.1) is 10.2 Å². The minimum Gasteiger partial charge on any atom is -0.352 e. The van der Waals surface area contributed by atoms with Gasteiger partial charge in [0.25, 0.3) is 5.91 Å². The minimum absolute atomic E-state index is 0.211. The maximum Gasteiger partial charge on any atom is 0.251 e. The highest BCUT2D eigenvalue weighted by atomic mass is 19.1. The third-order valence-electron chi connectivity index (χ3n) is 5.84. The topological polar surface area (TPSA) is 63.1 Å². The molecule has 0 saturated carbocycles. The van der Waals surface area contributed by atoms with Crippen LogP contribution in [0.2, 0.25) is 0 Å². The molecule has 0 spiro atoms. The number of nitrogens with zero attached hydrogens (tertiary/aromatic N) is 4. The quantitative estimate of drug-likeness (QED) is 0.637. The van der Waals surface area contributed by atoms with Gasteiger partial charge in [-0.1, -0.05) is 37.3 Å². The average Bonchev–Trinajstić information content (AvgIpc) is 3.06. The van der Waals surface area contributed by atoms with Gasteiger partial charge in [-0.25, -0.2) is 4.39 Å². The fourth-order valence-electron chi connectivity index (χ4n) is 4.06. The van der Waals surface area contributed by atoms with Gasteiger partial charge in [-0.2, -0.15) is 0 Å². The summed E-state index contributed by atoms with van der Waals surface area (Å²) in [6.07, 6.45) is 1.48. The molecule has 1 amide bonds. The highest BCUT2D eigenvalue weighted by molar-refractivity contribution is 5.94. The van der Waals surface area contributed by atoms with E-state index in [0.29, 0.717) is 24.4 Å². The average molecular weight is 422 g/mol. The van der Waals surface area contributed by atoms with Crippen LogP contribution in [-0.4, -0.2) is 51.8 Å². The lowest BCUT2D eigenvalue weighted by atomic mass is 10.0. The SMILES string of the molecule is C[C@@H](CN1CCc2nnc(CCNC(=O)c3ccc(F)cc3)n2CC1)c1ccccc1. The highest BCUT2D eigenvalue weighted by Gasteiger charge is 2.20. The molecule has 0 aliphatic carbocycles. The van der Waals surface area contributed by atoms with Gasteiger partial charge in [0.1, 0.15) is 17.5 Å². The molecule has 6 nitrogen and oxygen atoms in total. The molecule has 0 bridgehead atoms. The van der Waals surface area contributed by atoms with Gasteiger partial charge in [0, 0.05) is 51.1 Å². The van der Waals surface area contributed by atoms with E-state index in [1.807, 2.05) is 0 Å². The third kappa shape index (κ3) is 5.35. The summed E-state index contributed by atoms with van der Waals surface area (Å²) >= 11 is 0. The number of rotatable bonds is 7. The van der Waals surface area contributed by atoms with E-state index in [2.05, 4.69) is 62.2 Å². The molecule has 7 heteroatoms. The van der Waals surface area contributed by atoms with Crippen molar-refractivity contribution in [1.82, 2.24) is 25.0 Å². The number of halogens is 1. The Morgan fingerprint density at radius 2 is 1.84 bits per heavy atom. The first kappa shape index (κ1) is 21.2. The Hall–Kier alpha value is -3.06. The Morgan fingerprint density at radius 3 is 2.61 bits per heavy atom. The van der Waals surface area contributed by atoms with E-state index in [1.165, 1.54) is 29.8 Å². The van der Waals surface area contributed by atoms with Gasteiger partial charge in [-0.3, -0.25) is 4.79 Å². The number of carbonyl (C=O) groups excluding carboxylic acids is 1. The van der Waals surface area contributed by atoms with Gasteiger partial charge in [0.05, 0.1) is 0 Å². The summed E-state index contributed by atoms with van der Waals surface area (Å²) in [4.78, 5) is 14.7. The number of hydrogen-bond acceptors (Lipinski definition) is 4. The second kappa shape index (κ2) is 9.83. The maximum absolute atomic E-state index is 13.0. The Kier molecular flexibility index (Phi) is 6.72. The minimum atomic E-state index is -0.352. The maximum atomic E-state index is 13.0. The molecule has 1 atom stereocenters. The summed E-state index contributed by atoms with van der Waals surface area (Å²) in [5.41, 5.74) is 1.81. The number of carbonyl (C=O) groups is 1. The van der Waals surface area contributed by atoms with Gasteiger partial charge in [0.2, 0.25) is 0 Å². The zero-order chi connectivity index (χ0) is 21.6. The van der Waals surface area contributed by atoms with Crippen molar-refractivity contribution in [2.24, 2.45) is 0 Å². The van der Waals surface area contributed by atoms with Crippen LogP contribution in [0.4, 0.5) is 4.39 Å². The second-order valence-corrected chi connectivity index (χ2v) is 8.06. The van der Waals surface area contributed by atoms with Gasteiger partial charge >= 0.3 is 0 Å². The smallest absolute Gasteiger partial charge is 0.251 e. The number of hydrogen-bond donors (Lipinski definition) is 1. The van der Waals surface area contributed by atoms with E-state index in [4.69, 9.17) is 0 Å². The van der Waals surface area contributed by atoms with Crippen molar-refractivity contribution >= 4 is 5.91 Å². The van der Waals surface area contributed by atoms with Crippen molar-refractivity contribution in [3.63, 3.8) is 0 Å². The lowest BCUT2D eigenvalue weighted by Gasteiger charge is -2.24. The Labute approximate surface area is 182 Å². The van der Waals surface area contributed by atoms with Crippen LogP contribution in [0.25, 0.3) is 0 Å². The number of nitrogens with one attached hydrogen (secondary N) is 1. The van der Waals surface area contributed by atoms with Crippen LogP contribution in [0.1, 0.15) is 40.4 Å². The van der Waals surface area contributed by atoms with Crippen LogP contribution in [0.15, 0.2) is 54.6 Å². The highest BCUT2D eigenvalue weighted by Crippen LogP contribution is 2.18. The summed E-state index contributed by atoms with van der Waals surface area (Å²) < 4.78 is 15.2. The van der Waals surface area contributed by atoms with Gasteiger partial charge in [-0.05, 0) is 35.7 Å². The van der Waals surface area contributed by atoms with Crippen LogP contribution in [0.3, 0.4) is 0 Å². The molecular formula is C24H28FN5O. The molecule has 2 aromatic carbocycles. The summed E-state index contributed by atoms with van der Waals surface area (Å²) in [6.45, 7) is 6.53. The summed E-state index contributed by atoms with van der Waals surface area (Å²) in [7, 11) is 0. The van der Waals surface area contributed by atoms with Crippen molar-refractivity contribution in [2.75, 3.05) is 26.2 Å². The summed E-state index contributed by atoms with van der Waals surface area (Å²) in [5, 5.41) is 11.6. The summed E-state index contributed by atoms with van der Waals surface area (Å²) in [6, 6.07) is 16.2. The van der Waals surface area contributed by atoms with Crippen molar-refractivity contribution in [3.8, 4) is 0 Å². The molecule has 31 heavy (non-hydrogen) atoms. The monoisotopic (exact) mass is 421 g/mol. The van der Waals surface area contributed by atoms with Crippen LogP contribution < -0.4 is 5.32 Å². The van der Waals surface area contributed by atoms with Crippen molar-refractivity contribution < 1.29 is 9.18 Å². The fourth-order valence-corrected chi connectivity index (χ4v) is 4.06. The molecular weight excluding hydrogens is 393 g/mol. The van der Waals surface area contributed by atoms with E-state index in [9.17, 15) is 9.18 Å². The van der Waals surface area contributed by atoms with E-state index in [-0.39, 0.29) is 11.7 Å².